The molecule has 228 valence electrons. The highest BCUT2D eigenvalue weighted by Gasteiger charge is 2.68. The number of amides is 2. The van der Waals surface area contributed by atoms with Crippen LogP contribution in [0.2, 0.25) is 5.02 Å². The van der Waals surface area contributed by atoms with E-state index in [2.05, 4.69) is 20.4 Å². The second-order valence-corrected chi connectivity index (χ2v) is 12.7. The van der Waals surface area contributed by atoms with Crippen LogP contribution in [0.25, 0.3) is 10.9 Å². The third-order valence-corrected chi connectivity index (χ3v) is 8.13. The summed E-state index contributed by atoms with van der Waals surface area (Å²) in [6.07, 6.45) is -0.141. The van der Waals surface area contributed by atoms with Gasteiger partial charge in [-0.25, -0.2) is 24.5 Å². The van der Waals surface area contributed by atoms with Gasteiger partial charge in [0.15, 0.2) is 11.6 Å². The zero-order valence-electron chi connectivity index (χ0n) is 25.0. The van der Waals surface area contributed by atoms with E-state index in [4.69, 9.17) is 21.1 Å². The molecule has 2 atom stereocenters. The number of aromatic nitrogens is 4. The van der Waals surface area contributed by atoms with Crippen LogP contribution in [0.5, 0.6) is 5.75 Å². The number of hydrogen-bond donors (Lipinski definition) is 2. The van der Waals surface area contributed by atoms with Crippen LogP contribution < -0.4 is 15.0 Å². The van der Waals surface area contributed by atoms with Crippen LogP contribution in [-0.2, 0) is 14.9 Å². The van der Waals surface area contributed by atoms with Crippen molar-refractivity contribution in [1.82, 2.24) is 19.7 Å². The fourth-order valence-corrected chi connectivity index (χ4v) is 5.89. The van der Waals surface area contributed by atoms with Gasteiger partial charge >= 0.3 is 12.2 Å². The fourth-order valence-electron chi connectivity index (χ4n) is 5.75. The Morgan fingerprint density at radius 3 is 2.57 bits per heavy atom. The smallest absolute Gasteiger partial charge is 0.435 e. The fraction of sp³-hybridized carbons (Fsp3) is 0.355. The summed E-state index contributed by atoms with van der Waals surface area (Å²) < 4.78 is 12.2. The Bertz CT molecular complexity index is 1860. The van der Waals surface area contributed by atoms with Crippen LogP contribution in [0.4, 0.5) is 26.9 Å². The largest absolute Gasteiger partial charge is 0.497 e. The van der Waals surface area contributed by atoms with E-state index in [9.17, 15) is 19.5 Å². The Hall–Kier alpha value is -4.71. The van der Waals surface area contributed by atoms with Gasteiger partial charge in [0.25, 0.3) is 0 Å². The van der Waals surface area contributed by atoms with Crippen LogP contribution in [-0.4, -0.2) is 55.7 Å². The highest BCUT2D eigenvalue weighted by molar-refractivity contribution is 6.33. The van der Waals surface area contributed by atoms with E-state index in [0.717, 1.165) is 15.1 Å². The van der Waals surface area contributed by atoms with Crippen molar-refractivity contribution < 1.29 is 29.0 Å². The average Bonchev–Trinajstić information content (AvgIpc) is 3.54. The molecule has 2 amide bonds. The first-order valence-electron chi connectivity index (χ1n) is 14.1. The maximum Gasteiger partial charge on any atom is 0.435 e. The Balaban J connectivity index is 1.45. The van der Waals surface area contributed by atoms with Crippen molar-refractivity contribution in [2.24, 2.45) is 0 Å². The number of fused-ring (bicyclic) bond motifs is 3. The number of anilines is 3. The molecule has 12 nitrogen and oxygen atoms in total. The van der Waals surface area contributed by atoms with Gasteiger partial charge < -0.3 is 19.9 Å². The Morgan fingerprint density at radius 2 is 1.91 bits per heavy atom. The van der Waals surface area contributed by atoms with Crippen LogP contribution in [0.3, 0.4) is 0 Å². The van der Waals surface area contributed by atoms with E-state index in [1.807, 2.05) is 19.9 Å². The molecule has 1 spiro atoms. The number of methoxy groups -OCH3 is 1. The van der Waals surface area contributed by atoms with Gasteiger partial charge in [-0.15, -0.1) is 5.10 Å². The first-order chi connectivity index (χ1) is 20.7. The molecule has 0 bridgehead atoms. The maximum atomic E-state index is 13.7. The Labute approximate surface area is 257 Å². The molecule has 2 aromatic carbocycles. The van der Waals surface area contributed by atoms with E-state index in [1.165, 1.54) is 13.3 Å². The van der Waals surface area contributed by atoms with Gasteiger partial charge in [-0.05, 0) is 68.7 Å². The first-order valence-corrected chi connectivity index (χ1v) is 14.4. The summed E-state index contributed by atoms with van der Waals surface area (Å²) >= 11 is 6.41. The molecule has 2 aromatic heterocycles. The highest BCUT2D eigenvalue weighted by atomic mass is 35.5. The number of nitrogens with one attached hydrogen (secondary N) is 1. The van der Waals surface area contributed by atoms with Gasteiger partial charge in [-0.1, -0.05) is 31.5 Å². The van der Waals surface area contributed by atoms with Crippen molar-refractivity contribution in [1.29, 1.82) is 0 Å². The SMILES string of the molecule is COc1ccc2c(c1)[C@]1(C[C@H]1c1ccc3c(Nc4nc(C(C)C)ncc4Cl)nn(C(=O)OC(C)(C)C)c3c1)C(=O)N2C(=O)O. The molecule has 0 radical (unpaired) electrons. The number of imide groups is 1. The minimum absolute atomic E-state index is 0.0535. The summed E-state index contributed by atoms with van der Waals surface area (Å²) in [5.74, 6) is 0.954. The summed E-state index contributed by atoms with van der Waals surface area (Å²) in [5.41, 5.74) is 0.224. The van der Waals surface area contributed by atoms with Crippen molar-refractivity contribution >= 4 is 57.9 Å². The summed E-state index contributed by atoms with van der Waals surface area (Å²) in [7, 11) is 1.51. The third kappa shape index (κ3) is 4.69. The molecular weight excluding hydrogens is 588 g/mol. The molecule has 44 heavy (non-hydrogen) atoms. The van der Waals surface area contributed by atoms with Crippen LogP contribution in [0, 0.1) is 0 Å². The van der Waals surface area contributed by atoms with Crippen LogP contribution in [0.1, 0.15) is 69.8 Å². The lowest BCUT2D eigenvalue weighted by Gasteiger charge is -2.19. The van der Waals surface area contributed by atoms with Gasteiger partial charge in [0.1, 0.15) is 22.2 Å². The van der Waals surface area contributed by atoms with Crippen molar-refractivity contribution in [3.63, 3.8) is 0 Å². The lowest BCUT2D eigenvalue weighted by atomic mass is 9.91. The number of ether oxygens (including phenoxy) is 2. The zero-order valence-corrected chi connectivity index (χ0v) is 25.8. The summed E-state index contributed by atoms with van der Waals surface area (Å²) in [6.45, 7) is 9.20. The molecule has 4 aromatic rings. The molecule has 1 fully saturated rings. The van der Waals surface area contributed by atoms with Gasteiger partial charge in [0.05, 0.1) is 29.9 Å². The molecule has 3 heterocycles. The number of carboxylic acid groups (broad SMARTS) is 1. The molecule has 6 rings (SSSR count). The summed E-state index contributed by atoms with van der Waals surface area (Å²) in [5, 5.41) is 18.4. The molecule has 13 heteroatoms. The summed E-state index contributed by atoms with van der Waals surface area (Å²) in [4.78, 5) is 48.8. The predicted octanol–water partition coefficient (Wildman–Crippen LogP) is 6.59. The first kappa shape index (κ1) is 29.4. The van der Waals surface area contributed by atoms with Crippen molar-refractivity contribution in [3.05, 3.63) is 64.6 Å². The van der Waals surface area contributed by atoms with Gasteiger partial charge in [0.2, 0.25) is 5.91 Å². The Morgan fingerprint density at radius 1 is 1.16 bits per heavy atom. The van der Waals surface area contributed by atoms with Crippen molar-refractivity contribution in [2.45, 2.75) is 63.9 Å². The van der Waals surface area contributed by atoms with E-state index in [-0.39, 0.29) is 16.9 Å². The van der Waals surface area contributed by atoms with E-state index in [0.29, 0.717) is 51.8 Å². The normalized spacial score (nSPS) is 19.0. The number of hydrogen-bond acceptors (Lipinski definition) is 9. The number of benzene rings is 2. The van der Waals surface area contributed by atoms with E-state index >= 15 is 0 Å². The van der Waals surface area contributed by atoms with E-state index < -0.39 is 29.1 Å². The molecule has 2 aliphatic rings. The highest BCUT2D eigenvalue weighted by Crippen LogP contribution is 2.67. The van der Waals surface area contributed by atoms with Crippen LogP contribution in [0.15, 0.2) is 42.6 Å². The standard InChI is InChI=1S/C31H31ClN6O6/c1-15(2)24-33-14-21(32)26(34-24)35-25-18-9-7-16(11-23(18)38(36-25)29(42)44-30(3,4)5)20-13-31(20)19-12-17(43-6)8-10-22(19)37(27(31)39)28(40)41/h7-12,14-15,20H,13H2,1-6H3,(H,40,41)(H,33,34,35,36)/t20-,31-/m0/s1. The van der Waals surface area contributed by atoms with Gasteiger partial charge in [-0.2, -0.15) is 4.68 Å². The average molecular weight is 619 g/mol. The monoisotopic (exact) mass is 618 g/mol. The molecule has 1 saturated carbocycles. The summed E-state index contributed by atoms with van der Waals surface area (Å²) in [6, 6.07) is 10.4. The number of halogens is 1. The molecule has 0 unspecified atom stereocenters. The molecule has 0 saturated heterocycles. The van der Waals surface area contributed by atoms with Gasteiger partial charge in [0, 0.05) is 17.2 Å². The van der Waals surface area contributed by atoms with Crippen molar-refractivity contribution in [3.8, 4) is 5.75 Å². The predicted molar refractivity (Wildman–Crippen MR) is 163 cm³/mol. The lowest BCUT2D eigenvalue weighted by Crippen LogP contribution is -2.36. The minimum atomic E-state index is -1.35. The maximum absolute atomic E-state index is 13.7. The zero-order chi connectivity index (χ0) is 31.7. The number of rotatable bonds is 5. The number of nitrogens with zero attached hydrogens (tertiary/aromatic N) is 5. The molecule has 2 N–H and O–H groups in total. The molecule has 1 aliphatic carbocycles. The quantitative estimate of drug-likeness (QED) is 0.251. The second kappa shape index (κ2) is 10.2. The van der Waals surface area contributed by atoms with Crippen molar-refractivity contribution in [2.75, 3.05) is 17.3 Å². The second-order valence-electron chi connectivity index (χ2n) is 12.3. The number of carbonyl (C=O) groups excluding carboxylic acids is 2. The van der Waals surface area contributed by atoms with Crippen LogP contribution >= 0.6 is 11.6 Å². The topological polar surface area (TPSA) is 149 Å². The van der Waals surface area contributed by atoms with E-state index in [1.54, 1.807) is 51.1 Å². The molecule has 1 aliphatic heterocycles. The Kier molecular flexibility index (Phi) is 6.80. The third-order valence-electron chi connectivity index (χ3n) is 7.85. The minimum Gasteiger partial charge on any atom is -0.497 e. The lowest BCUT2D eigenvalue weighted by molar-refractivity contribution is -0.119. The number of carbonyl (C=O) groups is 3. The van der Waals surface area contributed by atoms with Gasteiger partial charge in [-0.3, -0.25) is 4.79 Å². The molecular formula is C31H31ClN6O6.